The number of hydrogen-bond donors (Lipinski definition) is 1. The summed E-state index contributed by atoms with van der Waals surface area (Å²) in [5, 5.41) is 20.0. The van der Waals surface area contributed by atoms with Gasteiger partial charge in [0.2, 0.25) is 0 Å². The van der Waals surface area contributed by atoms with Crippen molar-refractivity contribution in [2.45, 2.75) is 0 Å². The van der Waals surface area contributed by atoms with Crippen LogP contribution in [-0.2, 0) is 4.79 Å². The lowest BCUT2D eigenvalue weighted by Gasteiger charge is -2.02. The summed E-state index contributed by atoms with van der Waals surface area (Å²) in [5.41, 5.74) is -0.116. The zero-order chi connectivity index (χ0) is 16.1. The minimum absolute atomic E-state index is 0.175. The summed E-state index contributed by atoms with van der Waals surface area (Å²) < 4.78 is 0. The van der Waals surface area contributed by atoms with Gasteiger partial charge >= 0.3 is 5.97 Å². The summed E-state index contributed by atoms with van der Waals surface area (Å²) in [5.74, 6) is -2.04. The number of carbonyl (C=O) groups is 2. The molecule has 0 unspecified atom stereocenters. The van der Waals surface area contributed by atoms with Gasteiger partial charge in [-0.15, -0.1) is 0 Å². The Hall–Kier alpha value is -3.28. The summed E-state index contributed by atoms with van der Waals surface area (Å²) in [6.45, 7) is 0. The number of carboxylic acid groups (broad SMARTS) is 1. The van der Waals surface area contributed by atoms with Crippen LogP contribution in [0.15, 0.2) is 60.2 Å². The number of nitrogens with zero attached hydrogens (tertiary/aromatic N) is 1. The number of rotatable bonds is 5. The number of carbonyl (C=O) groups excluding carboxylic acids is 1. The standard InChI is InChI=1S/C16H11NO5/c18-15(12-6-2-1-3-7-12)14(16(19)20)10-11-5-4-8-13(9-11)17(21)22/h1-10H,(H,19,20). The lowest BCUT2D eigenvalue weighted by atomic mass is 10.0. The van der Waals surface area contributed by atoms with Gasteiger partial charge in [0, 0.05) is 17.7 Å². The Kier molecular flexibility index (Phi) is 4.43. The maximum absolute atomic E-state index is 12.2. The summed E-state index contributed by atoms with van der Waals surface area (Å²) in [6.07, 6.45) is 1.13. The molecular formula is C16H11NO5. The Morgan fingerprint density at radius 1 is 1.05 bits per heavy atom. The summed E-state index contributed by atoms with van der Waals surface area (Å²) in [7, 11) is 0. The van der Waals surface area contributed by atoms with E-state index < -0.39 is 22.2 Å². The molecule has 2 rings (SSSR count). The summed E-state index contributed by atoms with van der Waals surface area (Å²) in [6, 6.07) is 13.4. The molecule has 2 aromatic carbocycles. The molecule has 0 fully saturated rings. The van der Waals surface area contributed by atoms with E-state index >= 15 is 0 Å². The molecule has 0 bridgehead atoms. The Morgan fingerprint density at radius 2 is 1.73 bits per heavy atom. The Balaban J connectivity index is 2.44. The quantitative estimate of drug-likeness (QED) is 0.228. The fourth-order valence-electron chi connectivity index (χ4n) is 1.86. The summed E-state index contributed by atoms with van der Waals surface area (Å²) in [4.78, 5) is 33.7. The lowest BCUT2D eigenvalue weighted by molar-refractivity contribution is -0.384. The van der Waals surface area contributed by atoms with Crippen molar-refractivity contribution in [2.75, 3.05) is 0 Å². The molecule has 0 aliphatic heterocycles. The fraction of sp³-hybridized carbons (Fsp3) is 0. The van der Waals surface area contributed by atoms with Crippen molar-refractivity contribution in [3.05, 3.63) is 81.4 Å². The first-order chi connectivity index (χ1) is 10.5. The molecule has 0 saturated heterocycles. The van der Waals surface area contributed by atoms with Crippen LogP contribution >= 0.6 is 0 Å². The van der Waals surface area contributed by atoms with Crippen LogP contribution in [0.4, 0.5) is 5.69 Å². The number of nitro groups is 1. The third-order valence-corrected chi connectivity index (χ3v) is 2.90. The average molecular weight is 297 g/mol. The van der Waals surface area contributed by atoms with Crippen LogP contribution in [0, 0.1) is 10.1 Å². The van der Waals surface area contributed by atoms with E-state index in [2.05, 4.69) is 0 Å². The SMILES string of the molecule is O=C(O)C(=Cc1cccc([N+](=O)[O-])c1)C(=O)c1ccccc1. The van der Waals surface area contributed by atoms with E-state index in [0.29, 0.717) is 0 Å². The van der Waals surface area contributed by atoms with Crippen LogP contribution in [0.25, 0.3) is 6.08 Å². The van der Waals surface area contributed by atoms with Crippen molar-refractivity contribution >= 4 is 23.5 Å². The van der Waals surface area contributed by atoms with Gasteiger partial charge in [0.15, 0.2) is 5.78 Å². The van der Waals surface area contributed by atoms with Crippen molar-refractivity contribution in [1.82, 2.24) is 0 Å². The van der Waals surface area contributed by atoms with Crippen molar-refractivity contribution in [3.8, 4) is 0 Å². The molecule has 110 valence electrons. The predicted octanol–water partition coefficient (Wildman–Crippen LogP) is 2.95. The lowest BCUT2D eigenvalue weighted by Crippen LogP contribution is -2.12. The molecule has 0 aliphatic carbocycles. The molecule has 0 saturated carbocycles. The summed E-state index contributed by atoms with van der Waals surface area (Å²) >= 11 is 0. The Morgan fingerprint density at radius 3 is 2.32 bits per heavy atom. The molecule has 1 N–H and O–H groups in total. The molecule has 0 radical (unpaired) electrons. The molecule has 0 aliphatic rings. The highest BCUT2D eigenvalue weighted by atomic mass is 16.6. The van der Waals surface area contributed by atoms with Crippen molar-refractivity contribution < 1.29 is 19.6 Å². The van der Waals surface area contributed by atoms with Gasteiger partial charge in [-0.1, -0.05) is 42.5 Å². The molecule has 22 heavy (non-hydrogen) atoms. The maximum atomic E-state index is 12.2. The van der Waals surface area contributed by atoms with E-state index in [0.717, 1.165) is 6.08 Å². The van der Waals surface area contributed by atoms with E-state index in [-0.39, 0.29) is 16.8 Å². The molecule has 2 aromatic rings. The molecule has 0 heterocycles. The van der Waals surface area contributed by atoms with Gasteiger partial charge in [-0.3, -0.25) is 14.9 Å². The van der Waals surface area contributed by atoms with Gasteiger partial charge in [-0.05, 0) is 11.6 Å². The Labute approximate surface area is 125 Å². The van der Waals surface area contributed by atoms with E-state index in [1.807, 2.05) is 0 Å². The highest BCUT2D eigenvalue weighted by Gasteiger charge is 2.19. The van der Waals surface area contributed by atoms with Gasteiger partial charge in [-0.2, -0.15) is 0 Å². The normalized spacial score (nSPS) is 11.0. The number of carboxylic acids is 1. The van der Waals surface area contributed by atoms with Crippen LogP contribution < -0.4 is 0 Å². The zero-order valence-electron chi connectivity index (χ0n) is 11.3. The number of Topliss-reactive ketones (excluding diaryl/α,β-unsaturated/α-hetero) is 1. The predicted molar refractivity (Wildman–Crippen MR) is 79.5 cm³/mol. The maximum Gasteiger partial charge on any atom is 0.339 e. The van der Waals surface area contributed by atoms with Crippen LogP contribution in [0.3, 0.4) is 0 Å². The fourth-order valence-corrected chi connectivity index (χ4v) is 1.86. The smallest absolute Gasteiger partial charge is 0.339 e. The van der Waals surface area contributed by atoms with E-state index in [1.54, 1.807) is 18.2 Å². The topological polar surface area (TPSA) is 97.5 Å². The van der Waals surface area contributed by atoms with Crippen molar-refractivity contribution in [3.63, 3.8) is 0 Å². The van der Waals surface area contributed by atoms with E-state index in [9.17, 15) is 24.8 Å². The van der Waals surface area contributed by atoms with E-state index in [1.165, 1.54) is 36.4 Å². The number of ketones is 1. The first kappa shape index (κ1) is 15.1. The molecule has 0 spiro atoms. The number of hydrogen-bond acceptors (Lipinski definition) is 4. The number of aliphatic carboxylic acids is 1. The Bertz CT molecular complexity index is 765. The van der Waals surface area contributed by atoms with E-state index in [4.69, 9.17) is 0 Å². The minimum Gasteiger partial charge on any atom is -0.478 e. The van der Waals surface area contributed by atoms with Crippen molar-refractivity contribution in [2.24, 2.45) is 0 Å². The van der Waals surface area contributed by atoms with Gasteiger partial charge in [0.25, 0.3) is 5.69 Å². The molecular weight excluding hydrogens is 286 g/mol. The average Bonchev–Trinajstić information content (AvgIpc) is 2.53. The highest BCUT2D eigenvalue weighted by Crippen LogP contribution is 2.18. The first-order valence-electron chi connectivity index (χ1n) is 6.28. The van der Waals surface area contributed by atoms with Gasteiger partial charge in [-0.25, -0.2) is 4.79 Å². The minimum atomic E-state index is -1.39. The van der Waals surface area contributed by atoms with Crippen molar-refractivity contribution in [1.29, 1.82) is 0 Å². The molecule has 0 amide bonds. The van der Waals surface area contributed by atoms with Gasteiger partial charge in [0.05, 0.1) is 4.92 Å². The molecule has 6 nitrogen and oxygen atoms in total. The van der Waals surface area contributed by atoms with Gasteiger partial charge in [0.1, 0.15) is 5.57 Å². The second-order valence-electron chi connectivity index (χ2n) is 4.41. The third-order valence-electron chi connectivity index (χ3n) is 2.90. The van der Waals surface area contributed by atoms with Crippen LogP contribution in [-0.4, -0.2) is 21.8 Å². The molecule has 0 atom stereocenters. The number of non-ortho nitro benzene ring substituents is 1. The van der Waals surface area contributed by atoms with Gasteiger partial charge < -0.3 is 5.11 Å². The monoisotopic (exact) mass is 297 g/mol. The first-order valence-corrected chi connectivity index (χ1v) is 6.28. The second-order valence-corrected chi connectivity index (χ2v) is 4.41. The molecule has 6 heteroatoms. The third kappa shape index (κ3) is 3.43. The zero-order valence-corrected chi connectivity index (χ0v) is 11.3. The number of benzene rings is 2. The highest BCUT2D eigenvalue weighted by molar-refractivity contribution is 6.26. The molecule has 0 aromatic heterocycles. The van der Waals surface area contributed by atoms with Crippen LogP contribution in [0.5, 0.6) is 0 Å². The van der Waals surface area contributed by atoms with Crippen LogP contribution in [0.2, 0.25) is 0 Å². The van der Waals surface area contributed by atoms with Crippen LogP contribution in [0.1, 0.15) is 15.9 Å². The second kappa shape index (κ2) is 6.45. The largest absolute Gasteiger partial charge is 0.478 e. The number of nitro benzene ring substituents is 1.